The highest BCUT2D eigenvalue weighted by atomic mass is 16.4. The van der Waals surface area contributed by atoms with Gasteiger partial charge in [-0.05, 0) is 63.8 Å². The minimum atomic E-state index is -0.757. The molecule has 0 aromatic rings. The lowest BCUT2D eigenvalue weighted by Gasteiger charge is -2.20. The zero-order valence-electron chi connectivity index (χ0n) is 17.4. The third kappa shape index (κ3) is 15.2. The molecule has 0 saturated heterocycles. The van der Waals surface area contributed by atoms with E-state index in [0.717, 1.165) is 44.6 Å². The largest absolute Gasteiger partial charge is 0.481 e. The maximum absolute atomic E-state index is 12.1. The second-order valence-corrected chi connectivity index (χ2v) is 8.42. The minimum absolute atomic E-state index is 0.0821. The van der Waals surface area contributed by atoms with Gasteiger partial charge in [0.1, 0.15) is 0 Å². The Balaban J connectivity index is 4.42. The number of hydrogen-bond donors (Lipinski definition) is 3. The van der Waals surface area contributed by atoms with E-state index in [1.165, 1.54) is 12.8 Å². The van der Waals surface area contributed by atoms with E-state index < -0.39 is 5.97 Å². The summed E-state index contributed by atoms with van der Waals surface area (Å²) in [6, 6.07) is 0.145. The van der Waals surface area contributed by atoms with Crippen LogP contribution >= 0.6 is 0 Å². The highest BCUT2D eigenvalue weighted by Gasteiger charge is 2.16. The molecule has 5 nitrogen and oxygen atoms in total. The summed E-state index contributed by atoms with van der Waals surface area (Å²) in [4.78, 5) is 22.9. The number of aliphatic carboxylic acids is 1. The first-order chi connectivity index (χ1) is 12.2. The fourth-order valence-electron chi connectivity index (χ4n) is 3.47. The van der Waals surface area contributed by atoms with Gasteiger partial charge in [-0.2, -0.15) is 0 Å². The summed E-state index contributed by atoms with van der Waals surface area (Å²) in [7, 11) is 0. The molecule has 0 aliphatic carbocycles. The van der Waals surface area contributed by atoms with Crippen molar-refractivity contribution in [1.29, 1.82) is 0 Å². The molecular formula is C21H42N2O3. The minimum Gasteiger partial charge on any atom is -0.481 e. The lowest BCUT2D eigenvalue weighted by Crippen LogP contribution is -2.31. The van der Waals surface area contributed by atoms with E-state index in [-0.39, 0.29) is 24.3 Å². The molecule has 0 spiro atoms. The predicted octanol–water partition coefficient (Wildman–Crippen LogP) is 4.34. The molecule has 0 fully saturated rings. The number of carbonyl (C=O) groups excluding carboxylic acids is 1. The monoisotopic (exact) mass is 370 g/mol. The number of hydrogen-bond acceptors (Lipinski definition) is 3. The van der Waals surface area contributed by atoms with Gasteiger partial charge < -0.3 is 16.2 Å². The molecule has 0 saturated carbocycles. The molecule has 26 heavy (non-hydrogen) atoms. The molecule has 1 amide bonds. The Morgan fingerprint density at radius 3 is 2.04 bits per heavy atom. The van der Waals surface area contributed by atoms with Gasteiger partial charge in [-0.1, -0.05) is 39.5 Å². The quantitative estimate of drug-likeness (QED) is 0.377. The number of nitrogens with one attached hydrogen (secondary N) is 1. The fraction of sp³-hybridized carbons (Fsp3) is 0.905. The maximum Gasteiger partial charge on any atom is 0.303 e. The van der Waals surface area contributed by atoms with Crippen LogP contribution < -0.4 is 11.1 Å². The van der Waals surface area contributed by atoms with Gasteiger partial charge in [-0.25, -0.2) is 0 Å². The molecule has 0 rings (SSSR count). The van der Waals surface area contributed by atoms with Crippen molar-refractivity contribution in [3.8, 4) is 0 Å². The average molecular weight is 371 g/mol. The summed E-state index contributed by atoms with van der Waals surface area (Å²) >= 11 is 0. The molecule has 4 N–H and O–H groups in total. The predicted molar refractivity (Wildman–Crippen MR) is 108 cm³/mol. The van der Waals surface area contributed by atoms with Crippen molar-refractivity contribution in [2.45, 2.75) is 97.9 Å². The summed E-state index contributed by atoms with van der Waals surface area (Å²) in [5, 5.41) is 11.8. The van der Waals surface area contributed by atoms with Crippen molar-refractivity contribution in [2.24, 2.45) is 23.5 Å². The molecule has 154 valence electrons. The summed E-state index contributed by atoms with van der Waals surface area (Å²) < 4.78 is 0. The maximum atomic E-state index is 12.1. The van der Waals surface area contributed by atoms with Crippen molar-refractivity contribution in [3.05, 3.63) is 0 Å². The fourth-order valence-corrected chi connectivity index (χ4v) is 3.47. The lowest BCUT2D eigenvalue weighted by atomic mass is 9.87. The molecule has 0 bridgehead atoms. The van der Waals surface area contributed by atoms with Crippen molar-refractivity contribution in [1.82, 2.24) is 5.32 Å². The van der Waals surface area contributed by atoms with E-state index in [2.05, 4.69) is 19.2 Å². The van der Waals surface area contributed by atoms with Crippen LogP contribution in [0.5, 0.6) is 0 Å². The SMILES string of the molecule is CC(C)CCC(CCN)CCCC(CCCC(=O)O)CC(=O)NC(C)C. The number of carbonyl (C=O) groups is 2. The van der Waals surface area contributed by atoms with Gasteiger partial charge in [0.25, 0.3) is 0 Å². The Morgan fingerprint density at radius 1 is 0.885 bits per heavy atom. The van der Waals surface area contributed by atoms with E-state index in [4.69, 9.17) is 10.8 Å². The third-order valence-electron chi connectivity index (χ3n) is 4.88. The first kappa shape index (κ1) is 24.9. The Bertz CT molecular complexity index is 383. The van der Waals surface area contributed by atoms with E-state index in [0.29, 0.717) is 18.8 Å². The first-order valence-corrected chi connectivity index (χ1v) is 10.5. The molecule has 0 heterocycles. The van der Waals surface area contributed by atoms with Crippen LogP contribution in [0.25, 0.3) is 0 Å². The van der Waals surface area contributed by atoms with Crippen LogP contribution in [0.3, 0.4) is 0 Å². The first-order valence-electron chi connectivity index (χ1n) is 10.5. The van der Waals surface area contributed by atoms with Gasteiger partial charge >= 0.3 is 5.97 Å². The van der Waals surface area contributed by atoms with Crippen molar-refractivity contribution in [3.63, 3.8) is 0 Å². The van der Waals surface area contributed by atoms with Gasteiger partial charge in [0.05, 0.1) is 0 Å². The lowest BCUT2D eigenvalue weighted by molar-refractivity contribution is -0.137. The second-order valence-electron chi connectivity index (χ2n) is 8.42. The van der Waals surface area contributed by atoms with Crippen molar-refractivity contribution in [2.75, 3.05) is 6.54 Å². The van der Waals surface area contributed by atoms with Gasteiger partial charge in [0.15, 0.2) is 0 Å². The van der Waals surface area contributed by atoms with Gasteiger partial charge in [0.2, 0.25) is 5.91 Å². The number of rotatable bonds is 16. The summed E-state index contributed by atoms with van der Waals surface area (Å²) in [6.07, 6.45) is 8.94. The molecule has 5 heteroatoms. The zero-order chi connectivity index (χ0) is 19.9. The summed E-state index contributed by atoms with van der Waals surface area (Å²) in [6.45, 7) is 9.17. The Kier molecular flexibility index (Phi) is 14.4. The van der Waals surface area contributed by atoms with Crippen LogP contribution in [-0.2, 0) is 9.59 Å². The molecule has 2 atom stereocenters. The van der Waals surface area contributed by atoms with Crippen molar-refractivity contribution < 1.29 is 14.7 Å². The van der Waals surface area contributed by atoms with E-state index in [9.17, 15) is 9.59 Å². The Labute approximate surface area is 160 Å². The van der Waals surface area contributed by atoms with Gasteiger partial charge in [0, 0.05) is 18.9 Å². The standard InChI is InChI=1S/C21H42N2O3/c1-16(2)11-12-18(13-14-22)7-5-8-19(9-6-10-21(25)26)15-20(24)23-17(3)4/h16-19H,5-15,22H2,1-4H3,(H,23,24)(H,25,26). The normalized spacial score (nSPS) is 13.8. The van der Waals surface area contributed by atoms with Crippen LogP contribution in [0.1, 0.15) is 91.9 Å². The van der Waals surface area contributed by atoms with E-state index in [1.54, 1.807) is 0 Å². The van der Waals surface area contributed by atoms with Gasteiger partial charge in [-0.3, -0.25) is 9.59 Å². The highest BCUT2D eigenvalue weighted by molar-refractivity contribution is 5.76. The van der Waals surface area contributed by atoms with Crippen molar-refractivity contribution >= 4 is 11.9 Å². The topological polar surface area (TPSA) is 92.4 Å². The zero-order valence-corrected chi connectivity index (χ0v) is 17.4. The smallest absolute Gasteiger partial charge is 0.303 e. The Morgan fingerprint density at radius 2 is 1.50 bits per heavy atom. The molecule has 0 aromatic heterocycles. The Hall–Kier alpha value is -1.10. The van der Waals surface area contributed by atoms with Crippen LogP contribution in [-0.4, -0.2) is 29.6 Å². The van der Waals surface area contributed by atoms with Crippen LogP contribution in [0.15, 0.2) is 0 Å². The number of nitrogens with two attached hydrogens (primary N) is 1. The molecule has 0 aromatic carbocycles. The van der Waals surface area contributed by atoms with Crippen LogP contribution in [0, 0.1) is 17.8 Å². The number of carboxylic acids is 1. The highest BCUT2D eigenvalue weighted by Crippen LogP contribution is 2.25. The molecule has 2 unspecified atom stereocenters. The molecular weight excluding hydrogens is 328 g/mol. The van der Waals surface area contributed by atoms with E-state index in [1.807, 2.05) is 13.8 Å². The van der Waals surface area contributed by atoms with Crippen LogP contribution in [0.4, 0.5) is 0 Å². The molecule has 0 aliphatic rings. The second kappa shape index (κ2) is 15.0. The average Bonchev–Trinajstić information content (AvgIpc) is 2.51. The molecule has 0 aliphatic heterocycles. The number of amides is 1. The number of carboxylic acid groups (broad SMARTS) is 1. The molecule has 0 radical (unpaired) electrons. The third-order valence-corrected chi connectivity index (χ3v) is 4.88. The van der Waals surface area contributed by atoms with Gasteiger partial charge in [-0.15, -0.1) is 0 Å². The van der Waals surface area contributed by atoms with Crippen LogP contribution in [0.2, 0.25) is 0 Å². The van der Waals surface area contributed by atoms with E-state index >= 15 is 0 Å². The summed E-state index contributed by atoms with van der Waals surface area (Å²) in [5.41, 5.74) is 5.77. The summed E-state index contributed by atoms with van der Waals surface area (Å²) in [5.74, 6) is 0.993.